The second-order valence-electron chi connectivity index (χ2n) is 9.35. The first kappa shape index (κ1) is 29.6. The Bertz CT molecular complexity index is 307. The maximum atomic E-state index is 6.79. The van der Waals surface area contributed by atoms with Gasteiger partial charge >= 0.3 is 0 Å². The van der Waals surface area contributed by atoms with E-state index < -0.39 is 9.24 Å². The van der Waals surface area contributed by atoms with Gasteiger partial charge in [0.2, 0.25) is 0 Å². The third-order valence-electron chi connectivity index (χ3n) is 6.45. The first-order valence-corrected chi connectivity index (χ1v) is 16.6. The van der Waals surface area contributed by atoms with Crippen LogP contribution in [-0.2, 0) is 0 Å². The molecule has 0 saturated heterocycles. The first-order valence-electron chi connectivity index (χ1n) is 13.6. The Morgan fingerprint density at radius 2 is 0.690 bits per heavy atom. The Labute approximate surface area is 192 Å². The predicted molar refractivity (Wildman–Crippen MR) is 142 cm³/mol. The zero-order valence-corrected chi connectivity index (χ0v) is 22.3. The fourth-order valence-electron chi connectivity index (χ4n) is 4.37. The Morgan fingerprint density at radius 1 is 0.379 bits per heavy atom. The summed E-state index contributed by atoms with van der Waals surface area (Å²) in [6, 6.07) is 0. The topological polar surface area (TPSA) is 0 Å². The number of hydrogen-bond donors (Lipinski definition) is 0. The molecule has 2 heteroatoms. The van der Waals surface area contributed by atoms with Crippen molar-refractivity contribution in [3.63, 3.8) is 0 Å². The summed E-state index contributed by atoms with van der Waals surface area (Å²) in [4.78, 5) is 0. The van der Waals surface area contributed by atoms with Gasteiger partial charge in [-0.25, -0.2) is 0 Å². The van der Waals surface area contributed by atoms with Gasteiger partial charge in [0.1, 0.15) is 0 Å². The summed E-state index contributed by atoms with van der Waals surface area (Å²) in [5.74, 6) is 3.78. The van der Waals surface area contributed by atoms with Gasteiger partial charge in [0.05, 0.1) is 0 Å². The largest absolute Gasteiger partial charge is 0.163 e. The fourth-order valence-corrected chi connectivity index (χ4v) is 7.40. The highest BCUT2D eigenvalue weighted by Gasteiger charge is 2.16. The molecule has 1 atom stereocenters. The molecule has 0 aromatic rings. The number of unbranched alkanes of at least 4 members (excludes halogenated alkanes) is 19. The van der Waals surface area contributed by atoms with Crippen molar-refractivity contribution in [2.75, 3.05) is 17.3 Å². The molecule has 0 aromatic carbocycles. The fraction of sp³-hybridized carbons (Fsp3) is 1.00. The van der Waals surface area contributed by atoms with Crippen molar-refractivity contribution < 1.29 is 0 Å². The summed E-state index contributed by atoms with van der Waals surface area (Å²) in [7, 11) is 6.01. The number of hydrogen-bond acceptors (Lipinski definition) is 0. The van der Waals surface area contributed by atoms with Crippen LogP contribution < -0.4 is 0 Å². The Kier molecular flexibility index (Phi) is 23.8. The van der Waals surface area contributed by atoms with E-state index in [1.165, 1.54) is 152 Å². The minimum Gasteiger partial charge on any atom is -0.163 e. The molecule has 0 aliphatic rings. The van der Waals surface area contributed by atoms with Gasteiger partial charge in [0.25, 0.3) is 0 Å². The monoisotopic (exact) mass is 448 g/mol. The van der Waals surface area contributed by atoms with Crippen molar-refractivity contribution >= 4 is 19.9 Å². The van der Waals surface area contributed by atoms with Gasteiger partial charge in [0.15, 0.2) is 0 Å². The van der Waals surface area contributed by atoms with Crippen molar-refractivity contribution in [2.45, 2.75) is 156 Å². The molecule has 0 aromatic heterocycles. The highest BCUT2D eigenvalue weighted by molar-refractivity contribution is 8.51. The molecule has 0 amide bonds. The third-order valence-corrected chi connectivity index (χ3v) is 11.2. The van der Waals surface area contributed by atoms with E-state index in [1.54, 1.807) is 0 Å². The van der Waals surface area contributed by atoms with Crippen LogP contribution in [0.4, 0.5) is 0 Å². The summed E-state index contributed by atoms with van der Waals surface area (Å²) in [5.41, 5.74) is 0. The SMILES string of the molecule is CCCCCCCCCCCCCCCCCCCCCCS(Cl)(CC)CCC. The summed E-state index contributed by atoms with van der Waals surface area (Å²) in [5, 5.41) is 0. The summed E-state index contributed by atoms with van der Waals surface area (Å²) in [6.07, 6.45) is 30.4. The molecule has 0 radical (unpaired) electrons. The van der Waals surface area contributed by atoms with Gasteiger partial charge in [0, 0.05) is 0 Å². The maximum absolute atomic E-state index is 6.79. The molecule has 178 valence electrons. The first-order chi connectivity index (χ1) is 14.2. The normalized spacial score (nSPS) is 14.8. The Balaban J connectivity index is 3.15. The Morgan fingerprint density at radius 3 is 0.966 bits per heavy atom. The van der Waals surface area contributed by atoms with Gasteiger partial charge < -0.3 is 0 Å². The van der Waals surface area contributed by atoms with Gasteiger partial charge in [-0.1, -0.05) is 153 Å². The number of halogens is 1. The standard InChI is InChI=1S/C27H57ClS/c1-4-7-8-9-10-11-12-13-14-15-16-17-18-19-20-21-22-23-24-25-27-29(28,6-3)26-5-2/h4-27H2,1-3H3. The van der Waals surface area contributed by atoms with Crippen molar-refractivity contribution in [2.24, 2.45) is 0 Å². The predicted octanol–water partition coefficient (Wildman–Crippen LogP) is 11.2. The van der Waals surface area contributed by atoms with E-state index >= 15 is 0 Å². The highest BCUT2D eigenvalue weighted by atomic mass is 35.7. The molecule has 0 heterocycles. The van der Waals surface area contributed by atoms with Gasteiger partial charge in [-0.3, -0.25) is 0 Å². The highest BCUT2D eigenvalue weighted by Crippen LogP contribution is 2.53. The lowest BCUT2D eigenvalue weighted by atomic mass is 10.0. The van der Waals surface area contributed by atoms with Crippen LogP contribution in [0.2, 0.25) is 0 Å². The molecule has 29 heavy (non-hydrogen) atoms. The van der Waals surface area contributed by atoms with Gasteiger partial charge in [-0.2, -0.15) is 9.24 Å². The molecule has 0 aliphatic heterocycles. The lowest BCUT2D eigenvalue weighted by Gasteiger charge is -2.31. The van der Waals surface area contributed by atoms with E-state index in [0.717, 1.165) is 0 Å². The van der Waals surface area contributed by atoms with E-state index in [-0.39, 0.29) is 0 Å². The Hall–Kier alpha value is 0.640. The van der Waals surface area contributed by atoms with Crippen molar-refractivity contribution in [3.8, 4) is 0 Å². The molecule has 0 nitrogen and oxygen atoms in total. The zero-order chi connectivity index (χ0) is 21.5. The average Bonchev–Trinajstić information content (AvgIpc) is 2.72. The number of rotatable bonds is 24. The molecule has 0 rings (SSSR count). The van der Waals surface area contributed by atoms with E-state index in [9.17, 15) is 0 Å². The van der Waals surface area contributed by atoms with E-state index in [0.29, 0.717) is 0 Å². The van der Waals surface area contributed by atoms with Crippen LogP contribution in [0.1, 0.15) is 156 Å². The van der Waals surface area contributed by atoms with Crippen molar-refractivity contribution in [1.82, 2.24) is 0 Å². The molecular weight excluding hydrogens is 392 g/mol. The van der Waals surface area contributed by atoms with Crippen LogP contribution in [0.15, 0.2) is 0 Å². The average molecular weight is 449 g/mol. The smallest absolute Gasteiger partial charge is 0.0101 e. The molecule has 0 N–H and O–H groups in total. The van der Waals surface area contributed by atoms with Crippen LogP contribution in [0, 0.1) is 0 Å². The minimum absolute atomic E-state index is 0.779. The van der Waals surface area contributed by atoms with Crippen LogP contribution >= 0.6 is 19.9 Å². The minimum atomic E-state index is -0.779. The van der Waals surface area contributed by atoms with Gasteiger partial charge in [-0.15, -0.1) is 0 Å². The molecule has 0 aliphatic carbocycles. The molecule has 0 spiro atoms. The summed E-state index contributed by atoms with van der Waals surface area (Å²) in [6.45, 7) is 6.86. The maximum Gasteiger partial charge on any atom is -0.0101 e. The summed E-state index contributed by atoms with van der Waals surface area (Å²) >= 11 is 0. The molecule has 0 saturated carbocycles. The molecular formula is C27H57ClS. The van der Waals surface area contributed by atoms with Crippen LogP contribution in [-0.4, -0.2) is 17.3 Å². The second kappa shape index (κ2) is 23.3. The van der Waals surface area contributed by atoms with Crippen LogP contribution in [0.3, 0.4) is 0 Å². The third kappa shape index (κ3) is 21.7. The summed E-state index contributed by atoms with van der Waals surface area (Å²) < 4.78 is 0. The van der Waals surface area contributed by atoms with Crippen LogP contribution in [0.25, 0.3) is 0 Å². The zero-order valence-electron chi connectivity index (χ0n) is 20.8. The molecule has 1 unspecified atom stereocenters. The van der Waals surface area contributed by atoms with Gasteiger partial charge in [-0.05, 0) is 30.1 Å². The lowest BCUT2D eigenvalue weighted by Crippen LogP contribution is -2.05. The second-order valence-corrected chi connectivity index (χ2v) is 14.6. The van der Waals surface area contributed by atoms with E-state index in [2.05, 4.69) is 20.8 Å². The van der Waals surface area contributed by atoms with Crippen LogP contribution in [0.5, 0.6) is 0 Å². The molecule has 0 fully saturated rings. The quantitative estimate of drug-likeness (QED) is 0.129. The molecule has 0 bridgehead atoms. The lowest BCUT2D eigenvalue weighted by molar-refractivity contribution is 0.523. The van der Waals surface area contributed by atoms with E-state index in [1.807, 2.05) is 0 Å². The van der Waals surface area contributed by atoms with Crippen molar-refractivity contribution in [3.05, 3.63) is 0 Å². The van der Waals surface area contributed by atoms with Crippen molar-refractivity contribution in [1.29, 1.82) is 0 Å². The van der Waals surface area contributed by atoms with E-state index in [4.69, 9.17) is 10.7 Å².